The summed E-state index contributed by atoms with van der Waals surface area (Å²) in [6, 6.07) is 0.245. The number of imidazole rings is 1. The summed E-state index contributed by atoms with van der Waals surface area (Å²) >= 11 is 3.44. The zero-order valence-electron chi connectivity index (χ0n) is 10.7. The smallest absolute Gasteiger partial charge is 0.223 e. The molecule has 2 aliphatic heterocycles. The van der Waals surface area contributed by atoms with Gasteiger partial charge in [0, 0.05) is 18.8 Å². The molecule has 4 rings (SSSR count). The zero-order valence-corrected chi connectivity index (χ0v) is 12.3. The Bertz CT molecular complexity index is 686. The maximum absolute atomic E-state index is 11.9. The van der Waals surface area contributed by atoms with Gasteiger partial charge in [-0.1, -0.05) is 0 Å². The number of rotatable bonds is 1. The number of fused-ring (bicyclic) bond motifs is 2. The Hall–Kier alpha value is -1.47. The molecule has 0 aliphatic carbocycles. The Morgan fingerprint density at radius 1 is 1.45 bits per heavy atom. The van der Waals surface area contributed by atoms with E-state index < -0.39 is 0 Å². The Kier molecular flexibility index (Phi) is 2.78. The minimum atomic E-state index is -0.182. The average Bonchev–Trinajstić information content (AvgIpc) is 3.01. The van der Waals surface area contributed by atoms with Crippen LogP contribution in [-0.4, -0.2) is 44.4 Å². The van der Waals surface area contributed by atoms with E-state index >= 15 is 0 Å². The third-order valence-electron chi connectivity index (χ3n) is 4.04. The van der Waals surface area contributed by atoms with Crippen LogP contribution in [-0.2, 0) is 9.53 Å². The van der Waals surface area contributed by atoms with Crippen LogP contribution in [0.4, 0.5) is 0 Å². The first-order valence-corrected chi connectivity index (χ1v) is 7.42. The molecular formula is C13H13BrN4O2. The molecule has 1 amide bonds. The molecule has 2 saturated heterocycles. The summed E-state index contributed by atoms with van der Waals surface area (Å²) in [6.45, 7) is 1.17. The van der Waals surface area contributed by atoms with E-state index in [-0.39, 0.29) is 18.1 Å². The van der Waals surface area contributed by atoms with Crippen molar-refractivity contribution in [3.8, 4) is 0 Å². The van der Waals surface area contributed by atoms with Gasteiger partial charge in [0.05, 0.1) is 36.6 Å². The summed E-state index contributed by atoms with van der Waals surface area (Å²) in [6.07, 6.45) is 6.69. The van der Waals surface area contributed by atoms with Crippen LogP contribution < -0.4 is 0 Å². The first kappa shape index (κ1) is 12.3. The summed E-state index contributed by atoms with van der Waals surface area (Å²) in [4.78, 5) is 22.5. The number of nitrogens with zero attached hydrogens (tertiary/aromatic N) is 4. The molecule has 0 bridgehead atoms. The molecule has 0 spiro atoms. The first-order valence-electron chi connectivity index (χ1n) is 6.62. The number of hydrogen-bond acceptors (Lipinski definition) is 4. The lowest BCUT2D eigenvalue weighted by Crippen LogP contribution is -2.44. The predicted octanol–water partition coefficient (Wildman–Crippen LogP) is 1.55. The second kappa shape index (κ2) is 4.53. The molecule has 6 nitrogen and oxygen atoms in total. The van der Waals surface area contributed by atoms with Crippen LogP contribution in [0.15, 0.2) is 23.3 Å². The fourth-order valence-electron chi connectivity index (χ4n) is 3.00. The van der Waals surface area contributed by atoms with Crippen molar-refractivity contribution < 1.29 is 9.53 Å². The minimum Gasteiger partial charge on any atom is -0.368 e. The monoisotopic (exact) mass is 336 g/mol. The van der Waals surface area contributed by atoms with E-state index in [1.54, 1.807) is 12.4 Å². The van der Waals surface area contributed by atoms with Gasteiger partial charge in [0.2, 0.25) is 5.91 Å². The van der Waals surface area contributed by atoms with Crippen LogP contribution in [0.3, 0.4) is 0 Å². The summed E-state index contributed by atoms with van der Waals surface area (Å²) in [5, 5.41) is 0. The highest BCUT2D eigenvalue weighted by Gasteiger charge is 2.38. The van der Waals surface area contributed by atoms with Crippen molar-refractivity contribution in [2.24, 2.45) is 0 Å². The molecule has 4 heterocycles. The van der Waals surface area contributed by atoms with E-state index in [1.807, 2.05) is 15.5 Å². The minimum absolute atomic E-state index is 0.182. The molecule has 0 unspecified atom stereocenters. The van der Waals surface area contributed by atoms with Crippen molar-refractivity contribution in [3.63, 3.8) is 0 Å². The van der Waals surface area contributed by atoms with Gasteiger partial charge in [-0.3, -0.25) is 14.2 Å². The fourth-order valence-corrected chi connectivity index (χ4v) is 3.50. The van der Waals surface area contributed by atoms with Crippen molar-refractivity contribution >= 4 is 27.4 Å². The zero-order chi connectivity index (χ0) is 13.7. The quantitative estimate of drug-likeness (QED) is 0.792. The van der Waals surface area contributed by atoms with Gasteiger partial charge in [-0.2, -0.15) is 0 Å². The number of aromatic nitrogens is 3. The molecule has 2 aromatic heterocycles. The highest BCUT2D eigenvalue weighted by molar-refractivity contribution is 9.10. The van der Waals surface area contributed by atoms with Crippen LogP contribution >= 0.6 is 15.9 Å². The normalized spacial score (nSPS) is 26.2. The predicted molar refractivity (Wildman–Crippen MR) is 74.1 cm³/mol. The molecule has 2 aromatic rings. The molecule has 2 aliphatic rings. The van der Waals surface area contributed by atoms with Crippen molar-refractivity contribution in [2.75, 3.05) is 13.2 Å². The maximum atomic E-state index is 11.9. The first-order chi connectivity index (χ1) is 9.74. The lowest BCUT2D eigenvalue weighted by molar-refractivity contribution is -0.137. The van der Waals surface area contributed by atoms with Crippen LogP contribution in [0, 0.1) is 0 Å². The van der Waals surface area contributed by atoms with Gasteiger partial charge >= 0.3 is 0 Å². The van der Waals surface area contributed by atoms with Crippen LogP contribution in [0.25, 0.3) is 5.52 Å². The molecule has 20 heavy (non-hydrogen) atoms. The summed E-state index contributed by atoms with van der Waals surface area (Å²) in [5.41, 5.74) is 1.75. The van der Waals surface area contributed by atoms with Gasteiger partial charge in [-0.05, 0) is 22.4 Å². The fraction of sp³-hybridized carbons (Fsp3) is 0.462. The number of amides is 1. The third kappa shape index (κ3) is 1.76. The lowest BCUT2D eigenvalue weighted by Gasteiger charge is -2.34. The van der Waals surface area contributed by atoms with Crippen molar-refractivity contribution in [2.45, 2.75) is 25.0 Å². The van der Waals surface area contributed by atoms with Gasteiger partial charge in [0.25, 0.3) is 0 Å². The highest BCUT2D eigenvalue weighted by Crippen LogP contribution is 2.32. The lowest BCUT2D eigenvalue weighted by atomic mass is 10.1. The van der Waals surface area contributed by atoms with Crippen LogP contribution in [0.1, 0.15) is 24.6 Å². The number of hydrogen-bond donors (Lipinski definition) is 0. The Morgan fingerprint density at radius 3 is 3.25 bits per heavy atom. The maximum Gasteiger partial charge on any atom is 0.223 e. The Labute approximate surface area is 123 Å². The number of ether oxygens (including phenoxy) is 1. The molecule has 2 fully saturated rings. The van der Waals surface area contributed by atoms with E-state index in [4.69, 9.17) is 4.74 Å². The number of morpholine rings is 1. The summed E-state index contributed by atoms with van der Waals surface area (Å²) < 4.78 is 8.57. The topological polar surface area (TPSA) is 59.7 Å². The van der Waals surface area contributed by atoms with Gasteiger partial charge in [0.15, 0.2) is 4.73 Å². The third-order valence-corrected chi connectivity index (χ3v) is 4.60. The number of halogens is 1. The molecule has 0 N–H and O–H groups in total. The molecule has 7 heteroatoms. The summed E-state index contributed by atoms with van der Waals surface area (Å²) in [5.74, 6) is 0.226. The molecule has 0 radical (unpaired) electrons. The molecule has 0 saturated carbocycles. The largest absolute Gasteiger partial charge is 0.368 e. The van der Waals surface area contributed by atoms with Gasteiger partial charge in [0.1, 0.15) is 6.10 Å². The van der Waals surface area contributed by atoms with Gasteiger partial charge in [-0.25, -0.2) is 4.98 Å². The Balaban J connectivity index is 1.71. The molecule has 104 valence electrons. The van der Waals surface area contributed by atoms with E-state index in [1.165, 1.54) is 0 Å². The standard InChI is InChI=1S/C13H13BrN4O2/c14-13-16-12(9-5-15-3-4-17(9)13)10-6-18-8(7-20-10)1-2-11(18)19/h3-5,8,10H,1-2,6-7H2/t8-,10-/m1/s1. The van der Waals surface area contributed by atoms with Crippen molar-refractivity contribution in [1.29, 1.82) is 0 Å². The Morgan fingerprint density at radius 2 is 2.35 bits per heavy atom. The van der Waals surface area contributed by atoms with Crippen LogP contribution in [0.5, 0.6) is 0 Å². The van der Waals surface area contributed by atoms with Crippen molar-refractivity contribution in [1.82, 2.24) is 19.3 Å². The second-order valence-corrected chi connectivity index (χ2v) is 5.87. The highest BCUT2D eigenvalue weighted by atomic mass is 79.9. The SMILES string of the molecule is O=C1CC[C@@H]2CO[C@@H](c3nc(Br)n4ccncc34)CN12. The van der Waals surface area contributed by atoms with E-state index in [2.05, 4.69) is 25.9 Å². The number of carbonyl (C=O) groups excluding carboxylic acids is 1. The summed E-state index contributed by atoms with van der Waals surface area (Å²) in [7, 11) is 0. The van der Waals surface area contributed by atoms with Crippen LogP contribution in [0.2, 0.25) is 0 Å². The second-order valence-electron chi connectivity index (χ2n) is 5.16. The number of carbonyl (C=O) groups is 1. The van der Waals surface area contributed by atoms with Gasteiger partial charge < -0.3 is 9.64 Å². The van der Waals surface area contributed by atoms with E-state index in [9.17, 15) is 4.79 Å². The molecule has 0 aromatic carbocycles. The van der Waals surface area contributed by atoms with Crippen molar-refractivity contribution in [3.05, 3.63) is 29.0 Å². The van der Waals surface area contributed by atoms with Gasteiger partial charge in [-0.15, -0.1) is 0 Å². The molecular weight excluding hydrogens is 324 g/mol. The average molecular weight is 337 g/mol. The van der Waals surface area contributed by atoms with E-state index in [0.717, 1.165) is 22.4 Å². The van der Waals surface area contributed by atoms with E-state index in [0.29, 0.717) is 19.6 Å². The molecule has 2 atom stereocenters.